The quantitative estimate of drug-likeness (QED) is 0.650. The lowest BCUT2D eigenvalue weighted by Gasteiger charge is -2.07. The summed E-state index contributed by atoms with van der Waals surface area (Å²) in [6.45, 7) is 1.93. The zero-order chi connectivity index (χ0) is 18.8. The maximum Gasteiger partial charge on any atom is 0.348 e. The van der Waals surface area contributed by atoms with Crippen LogP contribution in [0.2, 0.25) is 10.0 Å². The van der Waals surface area contributed by atoms with Crippen molar-refractivity contribution in [3.8, 4) is 0 Å². The molecule has 3 aromatic rings. The van der Waals surface area contributed by atoms with Crippen molar-refractivity contribution >= 4 is 56.6 Å². The number of aromatic nitrogens is 2. The number of carbonyl (C=O) groups excluding carboxylic acids is 2. The van der Waals surface area contributed by atoms with E-state index in [-0.39, 0.29) is 12.5 Å². The van der Waals surface area contributed by atoms with Gasteiger partial charge in [-0.1, -0.05) is 29.3 Å². The summed E-state index contributed by atoms with van der Waals surface area (Å²) < 4.78 is 6.77. The third-order valence-corrected chi connectivity index (χ3v) is 5.63. The van der Waals surface area contributed by atoms with E-state index in [2.05, 4.69) is 10.4 Å². The van der Waals surface area contributed by atoms with E-state index in [1.807, 2.05) is 6.92 Å². The third-order valence-electron chi connectivity index (χ3n) is 3.79. The molecule has 0 aliphatic rings. The topological polar surface area (TPSA) is 73.2 Å². The number of benzene rings is 1. The van der Waals surface area contributed by atoms with Crippen molar-refractivity contribution in [2.45, 2.75) is 13.5 Å². The number of nitrogens with one attached hydrogen (secondary N) is 1. The van der Waals surface area contributed by atoms with Gasteiger partial charge in [0.15, 0.2) is 6.61 Å². The van der Waals surface area contributed by atoms with Crippen molar-refractivity contribution < 1.29 is 14.3 Å². The molecule has 0 aliphatic heterocycles. The molecule has 0 atom stereocenters. The highest BCUT2D eigenvalue weighted by molar-refractivity contribution is 7.20. The van der Waals surface area contributed by atoms with Gasteiger partial charge < -0.3 is 10.1 Å². The maximum absolute atomic E-state index is 12.2. The molecular weight excluding hydrogens is 397 g/mol. The molecule has 2 heterocycles. The van der Waals surface area contributed by atoms with Gasteiger partial charge in [-0.25, -0.2) is 9.48 Å². The zero-order valence-corrected chi connectivity index (χ0v) is 16.3. The van der Waals surface area contributed by atoms with E-state index in [4.69, 9.17) is 27.9 Å². The Morgan fingerprint density at radius 1 is 1.31 bits per heavy atom. The number of hydrogen-bond donors (Lipinski definition) is 1. The number of hydrogen-bond acceptors (Lipinski definition) is 5. The molecule has 1 N–H and O–H groups in total. The lowest BCUT2D eigenvalue weighted by molar-refractivity contribution is -0.123. The summed E-state index contributed by atoms with van der Waals surface area (Å²) in [5, 5.41) is 8.87. The molecule has 1 amide bonds. The van der Waals surface area contributed by atoms with Crippen LogP contribution < -0.4 is 5.32 Å². The van der Waals surface area contributed by atoms with E-state index in [0.717, 1.165) is 21.5 Å². The Morgan fingerprint density at radius 3 is 2.65 bits per heavy atom. The molecule has 0 bridgehead atoms. The number of ether oxygens (including phenoxy) is 1. The van der Waals surface area contributed by atoms with Crippen LogP contribution in [-0.4, -0.2) is 35.3 Å². The van der Waals surface area contributed by atoms with Crippen LogP contribution in [0.1, 0.15) is 20.9 Å². The molecule has 2 aromatic heterocycles. The van der Waals surface area contributed by atoms with Gasteiger partial charge in [0.05, 0.1) is 12.2 Å². The summed E-state index contributed by atoms with van der Waals surface area (Å²) in [5.74, 6) is -0.910. The smallest absolute Gasteiger partial charge is 0.348 e. The van der Waals surface area contributed by atoms with Crippen LogP contribution in [0.3, 0.4) is 0 Å². The molecule has 0 saturated carbocycles. The summed E-state index contributed by atoms with van der Waals surface area (Å²) in [6, 6.07) is 7.04. The number of aryl methyl sites for hydroxylation is 1. The summed E-state index contributed by atoms with van der Waals surface area (Å²) in [7, 11) is 1.48. The predicted octanol–water partition coefficient (Wildman–Crippen LogP) is 3.66. The van der Waals surface area contributed by atoms with E-state index in [1.165, 1.54) is 18.4 Å². The van der Waals surface area contributed by atoms with Crippen LogP contribution in [0, 0.1) is 6.92 Å². The van der Waals surface area contributed by atoms with Gasteiger partial charge in [0.1, 0.15) is 9.71 Å². The van der Waals surface area contributed by atoms with Crippen molar-refractivity contribution in [1.29, 1.82) is 0 Å². The number of likely N-dealkylation sites (N-methyl/N-ethyl adjacent to an activating group) is 1. The first kappa shape index (κ1) is 18.7. The molecule has 0 aliphatic carbocycles. The maximum atomic E-state index is 12.2. The second-order valence-corrected chi connectivity index (χ2v) is 7.37. The Hall–Kier alpha value is -2.09. The van der Waals surface area contributed by atoms with Crippen LogP contribution in [-0.2, 0) is 16.1 Å². The van der Waals surface area contributed by atoms with Crippen molar-refractivity contribution in [1.82, 2.24) is 15.1 Å². The second kappa shape index (κ2) is 7.65. The number of thiophene rings is 1. The van der Waals surface area contributed by atoms with Crippen molar-refractivity contribution in [3.63, 3.8) is 0 Å². The first-order chi connectivity index (χ1) is 12.4. The van der Waals surface area contributed by atoms with Crippen LogP contribution in [0.4, 0.5) is 0 Å². The van der Waals surface area contributed by atoms with Crippen molar-refractivity contribution in [2.24, 2.45) is 0 Å². The first-order valence-electron chi connectivity index (χ1n) is 7.68. The highest BCUT2D eigenvalue weighted by atomic mass is 35.5. The third kappa shape index (κ3) is 3.70. The van der Waals surface area contributed by atoms with Gasteiger partial charge >= 0.3 is 5.97 Å². The molecule has 6 nitrogen and oxygen atoms in total. The van der Waals surface area contributed by atoms with E-state index >= 15 is 0 Å². The van der Waals surface area contributed by atoms with E-state index in [1.54, 1.807) is 28.9 Å². The van der Waals surface area contributed by atoms with Crippen LogP contribution in [0.15, 0.2) is 24.3 Å². The molecular formula is C17H15Cl2N3O3S. The Labute approximate surface area is 163 Å². The first-order valence-corrected chi connectivity index (χ1v) is 9.25. The molecule has 0 spiro atoms. The molecule has 0 radical (unpaired) electrons. The number of esters is 1. The molecule has 3 rings (SSSR count). The lowest BCUT2D eigenvalue weighted by Crippen LogP contribution is -2.24. The minimum absolute atomic E-state index is 0.316. The van der Waals surface area contributed by atoms with Gasteiger partial charge in [-0.3, -0.25) is 4.79 Å². The minimum Gasteiger partial charge on any atom is -0.451 e. The van der Waals surface area contributed by atoms with E-state index in [0.29, 0.717) is 21.5 Å². The Balaban J connectivity index is 1.90. The minimum atomic E-state index is -0.545. The fourth-order valence-electron chi connectivity index (χ4n) is 2.43. The zero-order valence-electron chi connectivity index (χ0n) is 14.0. The molecule has 26 heavy (non-hydrogen) atoms. The standard InChI is InChI=1S/C17H15Cl2N3O3S/c1-9-10-6-14(17(24)25-8-15(23)20-2)26-16(10)22(21-9)7-11-12(18)4-3-5-13(11)19/h3-6H,7-8H2,1-2H3,(H,20,23). The predicted molar refractivity (Wildman–Crippen MR) is 102 cm³/mol. The van der Waals surface area contributed by atoms with Crippen LogP contribution in [0.25, 0.3) is 10.2 Å². The molecule has 1 aromatic carbocycles. The summed E-state index contributed by atoms with van der Waals surface area (Å²) in [4.78, 5) is 24.6. The Morgan fingerprint density at radius 2 is 2.00 bits per heavy atom. The van der Waals surface area contributed by atoms with Gasteiger partial charge in [-0.2, -0.15) is 5.10 Å². The molecule has 0 unspecified atom stereocenters. The van der Waals surface area contributed by atoms with Gasteiger partial charge in [0, 0.05) is 28.0 Å². The Kier molecular flexibility index (Phi) is 5.50. The number of halogens is 2. The lowest BCUT2D eigenvalue weighted by atomic mass is 10.2. The highest BCUT2D eigenvalue weighted by Crippen LogP contribution is 2.31. The van der Waals surface area contributed by atoms with Crippen LogP contribution >= 0.6 is 34.5 Å². The number of fused-ring (bicyclic) bond motifs is 1. The SMILES string of the molecule is CNC(=O)COC(=O)c1cc2c(C)nn(Cc3c(Cl)cccc3Cl)c2s1. The average Bonchev–Trinajstić information content (AvgIpc) is 3.17. The fraction of sp³-hybridized carbons (Fsp3) is 0.235. The summed E-state index contributed by atoms with van der Waals surface area (Å²) in [6.07, 6.45) is 0. The van der Waals surface area contributed by atoms with Crippen molar-refractivity contribution in [3.05, 3.63) is 50.4 Å². The van der Waals surface area contributed by atoms with E-state index < -0.39 is 5.97 Å². The fourth-order valence-corrected chi connectivity index (χ4v) is 4.00. The normalized spacial score (nSPS) is 10.9. The number of amides is 1. The van der Waals surface area contributed by atoms with E-state index in [9.17, 15) is 9.59 Å². The van der Waals surface area contributed by atoms with Gasteiger partial charge in [-0.15, -0.1) is 11.3 Å². The Bertz CT molecular complexity index is 976. The average molecular weight is 412 g/mol. The summed E-state index contributed by atoms with van der Waals surface area (Å²) in [5.41, 5.74) is 1.54. The molecule has 9 heteroatoms. The highest BCUT2D eigenvalue weighted by Gasteiger charge is 2.19. The number of nitrogens with zero attached hydrogens (tertiary/aromatic N) is 2. The molecule has 0 fully saturated rings. The van der Waals surface area contributed by atoms with Gasteiger partial charge in [0.25, 0.3) is 5.91 Å². The molecule has 0 saturated heterocycles. The summed E-state index contributed by atoms with van der Waals surface area (Å²) >= 11 is 13.7. The van der Waals surface area contributed by atoms with Crippen LogP contribution in [0.5, 0.6) is 0 Å². The van der Waals surface area contributed by atoms with Gasteiger partial charge in [0.2, 0.25) is 0 Å². The molecule has 136 valence electrons. The second-order valence-electron chi connectivity index (χ2n) is 5.52. The van der Waals surface area contributed by atoms with Crippen molar-refractivity contribution in [2.75, 3.05) is 13.7 Å². The largest absolute Gasteiger partial charge is 0.451 e. The number of rotatable bonds is 5. The van der Waals surface area contributed by atoms with Gasteiger partial charge in [-0.05, 0) is 25.1 Å². The number of carbonyl (C=O) groups is 2. The monoisotopic (exact) mass is 411 g/mol.